The lowest BCUT2D eigenvalue weighted by molar-refractivity contribution is 0.727. The maximum absolute atomic E-state index is 5.67. The van der Waals surface area contributed by atoms with Crippen molar-refractivity contribution in [2.75, 3.05) is 24.5 Å². The molecule has 0 aliphatic heterocycles. The van der Waals surface area contributed by atoms with E-state index in [1.807, 2.05) is 0 Å². The Bertz CT molecular complexity index is 508. The average Bonchev–Trinajstić information content (AvgIpc) is 2.49. The van der Waals surface area contributed by atoms with E-state index < -0.39 is 0 Å². The molecule has 0 unspecified atom stereocenters. The molecule has 0 spiro atoms. The van der Waals surface area contributed by atoms with E-state index in [2.05, 4.69) is 66.4 Å². The van der Waals surface area contributed by atoms with Gasteiger partial charge in [-0.2, -0.15) is 0 Å². The third kappa shape index (κ3) is 4.10. The minimum atomic E-state index is 0.744. The zero-order chi connectivity index (χ0) is 14.2. The Kier molecular flexibility index (Phi) is 5.63. The van der Waals surface area contributed by atoms with Crippen LogP contribution in [-0.2, 0) is 6.42 Å². The Labute approximate surface area is 122 Å². The average molecular weight is 268 g/mol. The van der Waals surface area contributed by atoms with Crippen molar-refractivity contribution < 1.29 is 0 Å². The van der Waals surface area contributed by atoms with Crippen LogP contribution in [0.1, 0.15) is 17.5 Å². The topological polar surface area (TPSA) is 29.3 Å². The van der Waals surface area contributed by atoms with Gasteiger partial charge in [0.15, 0.2) is 0 Å². The molecule has 0 fully saturated rings. The zero-order valence-corrected chi connectivity index (χ0v) is 12.3. The smallest absolute Gasteiger partial charge is 0.0396 e. The van der Waals surface area contributed by atoms with Gasteiger partial charge in [0.2, 0.25) is 0 Å². The summed E-state index contributed by atoms with van der Waals surface area (Å²) < 4.78 is 0. The quantitative estimate of drug-likeness (QED) is 0.834. The van der Waals surface area contributed by atoms with Crippen molar-refractivity contribution in [3.63, 3.8) is 0 Å². The first-order valence-corrected chi connectivity index (χ1v) is 7.36. The van der Waals surface area contributed by atoms with Gasteiger partial charge >= 0.3 is 0 Å². The zero-order valence-electron chi connectivity index (χ0n) is 12.3. The number of para-hydroxylation sites is 1. The fraction of sp³-hybridized carbons (Fsp3) is 0.333. The number of nitrogens with two attached hydrogens (primary N) is 1. The second kappa shape index (κ2) is 7.71. The Hall–Kier alpha value is -1.80. The van der Waals surface area contributed by atoms with Crippen LogP contribution >= 0.6 is 0 Å². The Balaban J connectivity index is 2.06. The Morgan fingerprint density at radius 3 is 2.30 bits per heavy atom. The van der Waals surface area contributed by atoms with Crippen molar-refractivity contribution >= 4 is 5.69 Å². The molecule has 20 heavy (non-hydrogen) atoms. The molecule has 2 heteroatoms. The monoisotopic (exact) mass is 268 g/mol. The molecular weight excluding hydrogens is 244 g/mol. The number of anilines is 1. The predicted molar refractivity (Wildman–Crippen MR) is 87.2 cm³/mol. The fourth-order valence-electron chi connectivity index (χ4n) is 2.46. The van der Waals surface area contributed by atoms with Gasteiger partial charge in [-0.15, -0.1) is 0 Å². The van der Waals surface area contributed by atoms with E-state index in [1.54, 1.807) is 0 Å². The van der Waals surface area contributed by atoms with Crippen LogP contribution in [0.2, 0.25) is 0 Å². The number of hydrogen-bond acceptors (Lipinski definition) is 2. The molecule has 0 bridgehead atoms. The highest BCUT2D eigenvalue weighted by Crippen LogP contribution is 2.20. The number of aryl methyl sites for hydroxylation is 1. The summed E-state index contributed by atoms with van der Waals surface area (Å²) in [5.41, 5.74) is 9.72. The highest BCUT2D eigenvalue weighted by Gasteiger charge is 2.08. The molecule has 2 N–H and O–H groups in total. The summed E-state index contributed by atoms with van der Waals surface area (Å²) in [6.45, 7) is 4.98. The van der Waals surface area contributed by atoms with Gasteiger partial charge in [-0.1, -0.05) is 48.5 Å². The molecule has 0 radical (unpaired) electrons. The standard InChI is InChI=1S/C18H24N2/c1-16-8-5-6-11-18(16)20(14-7-13-19)15-12-17-9-3-2-4-10-17/h2-6,8-11H,7,12-15,19H2,1H3. The van der Waals surface area contributed by atoms with Crippen molar-refractivity contribution in [1.82, 2.24) is 0 Å². The first-order valence-electron chi connectivity index (χ1n) is 7.36. The molecule has 2 aromatic rings. The second-order valence-corrected chi connectivity index (χ2v) is 5.15. The van der Waals surface area contributed by atoms with Gasteiger partial charge < -0.3 is 10.6 Å². The first-order chi connectivity index (χ1) is 9.81. The van der Waals surface area contributed by atoms with Crippen molar-refractivity contribution in [3.05, 3.63) is 65.7 Å². The van der Waals surface area contributed by atoms with Gasteiger partial charge in [0.25, 0.3) is 0 Å². The summed E-state index contributed by atoms with van der Waals surface area (Å²) in [6.07, 6.45) is 2.10. The predicted octanol–water partition coefficient (Wildman–Crippen LogP) is 3.39. The summed E-state index contributed by atoms with van der Waals surface area (Å²) >= 11 is 0. The van der Waals surface area contributed by atoms with E-state index in [1.165, 1.54) is 16.8 Å². The van der Waals surface area contributed by atoms with Crippen LogP contribution in [0.5, 0.6) is 0 Å². The fourth-order valence-corrected chi connectivity index (χ4v) is 2.46. The third-order valence-electron chi connectivity index (χ3n) is 3.60. The largest absolute Gasteiger partial charge is 0.371 e. The van der Waals surface area contributed by atoms with Gasteiger partial charge in [0, 0.05) is 18.8 Å². The molecule has 2 nitrogen and oxygen atoms in total. The lowest BCUT2D eigenvalue weighted by Crippen LogP contribution is -2.29. The first kappa shape index (κ1) is 14.6. The van der Waals surface area contributed by atoms with Crippen molar-refractivity contribution in [1.29, 1.82) is 0 Å². The summed E-state index contributed by atoms with van der Waals surface area (Å²) in [6, 6.07) is 19.2. The van der Waals surface area contributed by atoms with E-state index in [-0.39, 0.29) is 0 Å². The Morgan fingerprint density at radius 1 is 0.900 bits per heavy atom. The van der Waals surface area contributed by atoms with Crippen LogP contribution in [0.4, 0.5) is 5.69 Å². The molecule has 2 rings (SSSR count). The van der Waals surface area contributed by atoms with Gasteiger partial charge in [0.1, 0.15) is 0 Å². The molecule has 0 aromatic heterocycles. The van der Waals surface area contributed by atoms with Gasteiger partial charge in [0.05, 0.1) is 0 Å². The summed E-state index contributed by atoms with van der Waals surface area (Å²) in [4.78, 5) is 2.45. The third-order valence-corrected chi connectivity index (χ3v) is 3.60. The van der Waals surface area contributed by atoms with Gasteiger partial charge in [-0.3, -0.25) is 0 Å². The number of nitrogens with zero attached hydrogens (tertiary/aromatic N) is 1. The van der Waals surface area contributed by atoms with E-state index in [4.69, 9.17) is 5.73 Å². The van der Waals surface area contributed by atoms with Crippen LogP contribution in [-0.4, -0.2) is 19.6 Å². The number of rotatable bonds is 7. The minimum absolute atomic E-state index is 0.744. The molecular formula is C18H24N2. The van der Waals surface area contributed by atoms with Crippen LogP contribution in [0.3, 0.4) is 0 Å². The van der Waals surface area contributed by atoms with Crippen LogP contribution < -0.4 is 10.6 Å². The highest BCUT2D eigenvalue weighted by atomic mass is 15.1. The molecule has 2 aromatic carbocycles. The van der Waals surface area contributed by atoms with Crippen molar-refractivity contribution in [3.8, 4) is 0 Å². The minimum Gasteiger partial charge on any atom is -0.371 e. The van der Waals surface area contributed by atoms with E-state index in [0.29, 0.717) is 0 Å². The van der Waals surface area contributed by atoms with E-state index >= 15 is 0 Å². The molecule has 0 heterocycles. The van der Waals surface area contributed by atoms with E-state index in [0.717, 1.165) is 32.5 Å². The number of benzene rings is 2. The molecule has 0 saturated heterocycles. The molecule has 106 valence electrons. The summed E-state index contributed by atoms with van der Waals surface area (Å²) in [5, 5.41) is 0. The van der Waals surface area contributed by atoms with Crippen molar-refractivity contribution in [2.45, 2.75) is 19.8 Å². The van der Waals surface area contributed by atoms with Crippen LogP contribution in [0.15, 0.2) is 54.6 Å². The number of hydrogen-bond donors (Lipinski definition) is 1. The SMILES string of the molecule is Cc1ccccc1N(CCCN)CCc1ccccc1. The Morgan fingerprint density at radius 2 is 1.60 bits per heavy atom. The lowest BCUT2D eigenvalue weighted by Gasteiger charge is -2.26. The van der Waals surface area contributed by atoms with Gasteiger partial charge in [-0.05, 0) is 43.5 Å². The summed E-state index contributed by atoms with van der Waals surface area (Å²) in [7, 11) is 0. The molecule has 0 aliphatic carbocycles. The second-order valence-electron chi connectivity index (χ2n) is 5.15. The normalized spacial score (nSPS) is 10.5. The highest BCUT2D eigenvalue weighted by molar-refractivity contribution is 5.53. The van der Waals surface area contributed by atoms with Crippen LogP contribution in [0.25, 0.3) is 0 Å². The van der Waals surface area contributed by atoms with E-state index in [9.17, 15) is 0 Å². The summed E-state index contributed by atoms with van der Waals surface area (Å²) in [5.74, 6) is 0. The molecule has 0 aliphatic rings. The maximum Gasteiger partial charge on any atom is 0.0396 e. The molecule has 0 saturated carbocycles. The lowest BCUT2D eigenvalue weighted by atomic mass is 10.1. The van der Waals surface area contributed by atoms with Crippen molar-refractivity contribution in [2.24, 2.45) is 5.73 Å². The van der Waals surface area contributed by atoms with Gasteiger partial charge in [-0.25, -0.2) is 0 Å². The maximum atomic E-state index is 5.67. The molecule has 0 atom stereocenters. The molecule has 0 amide bonds. The van der Waals surface area contributed by atoms with Crippen LogP contribution in [0, 0.1) is 6.92 Å².